The molecule has 5 nitrogen and oxygen atoms in total. The Morgan fingerprint density at radius 3 is 2.86 bits per heavy atom. The summed E-state index contributed by atoms with van der Waals surface area (Å²) in [6.45, 7) is 0. The zero-order chi connectivity index (χ0) is 15.9. The van der Waals surface area contributed by atoms with Crippen LogP contribution in [0.4, 0.5) is 5.69 Å². The predicted molar refractivity (Wildman–Crippen MR) is 84.6 cm³/mol. The smallest absolute Gasteiger partial charge is 0.263 e. The van der Waals surface area contributed by atoms with Gasteiger partial charge in [-0.25, -0.2) is 0 Å². The van der Waals surface area contributed by atoms with Gasteiger partial charge in [-0.1, -0.05) is 15.9 Å². The van der Waals surface area contributed by atoms with Crippen LogP contribution >= 0.6 is 15.9 Å². The number of pyridine rings is 1. The molecule has 3 rings (SSSR count). The predicted octanol–water partition coefficient (Wildman–Crippen LogP) is 2.28. The number of hydrogen-bond donors (Lipinski definition) is 1. The van der Waals surface area contributed by atoms with Gasteiger partial charge in [-0.3, -0.25) is 14.6 Å². The number of benzene rings is 1. The highest BCUT2D eigenvalue weighted by Crippen LogP contribution is 2.43. The zero-order valence-electron chi connectivity index (χ0n) is 11.8. The summed E-state index contributed by atoms with van der Waals surface area (Å²) in [7, 11) is 1.58. The van der Waals surface area contributed by atoms with Gasteiger partial charge in [0.25, 0.3) is 5.91 Å². The number of aliphatic hydroxyl groups is 1. The molecule has 0 fully saturated rings. The Bertz CT molecular complexity index is 763. The van der Waals surface area contributed by atoms with Crippen LogP contribution in [0.5, 0.6) is 0 Å². The van der Waals surface area contributed by atoms with Crippen molar-refractivity contribution in [1.29, 1.82) is 0 Å². The van der Waals surface area contributed by atoms with Crippen molar-refractivity contribution >= 4 is 33.3 Å². The van der Waals surface area contributed by atoms with Crippen molar-refractivity contribution in [3.8, 4) is 0 Å². The molecular weight excluding hydrogens is 348 g/mol. The number of hydrogen-bond acceptors (Lipinski definition) is 4. The molecule has 1 atom stereocenters. The third-order valence-electron chi connectivity index (χ3n) is 3.82. The molecule has 0 radical (unpaired) electrons. The molecule has 1 N–H and O–H groups in total. The topological polar surface area (TPSA) is 70.5 Å². The van der Waals surface area contributed by atoms with Gasteiger partial charge in [-0.05, 0) is 30.3 Å². The Balaban J connectivity index is 2.01. The van der Waals surface area contributed by atoms with Crippen molar-refractivity contribution in [2.24, 2.45) is 0 Å². The second-order valence-electron chi connectivity index (χ2n) is 5.23. The average Bonchev–Trinajstić information content (AvgIpc) is 2.70. The first-order valence-corrected chi connectivity index (χ1v) is 7.46. The third kappa shape index (κ3) is 2.24. The molecule has 1 amide bonds. The maximum atomic E-state index is 12.5. The second kappa shape index (κ2) is 5.30. The van der Waals surface area contributed by atoms with Crippen LogP contribution in [0.2, 0.25) is 0 Å². The molecule has 1 aliphatic rings. The number of amides is 1. The van der Waals surface area contributed by atoms with Crippen LogP contribution in [0.1, 0.15) is 22.3 Å². The first-order chi connectivity index (χ1) is 10.4. The number of carbonyl (C=O) groups excluding carboxylic acids is 2. The Kier molecular flexibility index (Phi) is 3.58. The van der Waals surface area contributed by atoms with Crippen molar-refractivity contribution in [3.63, 3.8) is 0 Å². The highest BCUT2D eigenvalue weighted by Gasteiger charge is 2.49. The molecule has 1 aliphatic heterocycles. The number of likely N-dealkylation sites (N-methyl/N-ethyl adjacent to an activating group) is 1. The van der Waals surface area contributed by atoms with E-state index in [1.807, 2.05) is 0 Å². The molecule has 22 heavy (non-hydrogen) atoms. The molecule has 1 aromatic carbocycles. The van der Waals surface area contributed by atoms with E-state index in [1.165, 1.54) is 11.1 Å². The summed E-state index contributed by atoms with van der Waals surface area (Å²) in [5.41, 5.74) is -0.433. The van der Waals surface area contributed by atoms with E-state index in [2.05, 4.69) is 20.9 Å². The lowest BCUT2D eigenvalue weighted by Gasteiger charge is -2.21. The summed E-state index contributed by atoms with van der Waals surface area (Å²) < 4.78 is 0.738. The first kappa shape index (κ1) is 14.9. The van der Waals surface area contributed by atoms with E-state index in [4.69, 9.17) is 0 Å². The van der Waals surface area contributed by atoms with Crippen LogP contribution in [0.15, 0.2) is 47.2 Å². The number of carbonyl (C=O) groups is 2. The number of halogens is 1. The number of aromatic nitrogens is 1. The van der Waals surface area contributed by atoms with E-state index in [-0.39, 0.29) is 12.2 Å². The average molecular weight is 361 g/mol. The maximum Gasteiger partial charge on any atom is 0.263 e. The van der Waals surface area contributed by atoms with Crippen LogP contribution in [0.25, 0.3) is 0 Å². The van der Waals surface area contributed by atoms with Crippen molar-refractivity contribution in [2.75, 3.05) is 11.9 Å². The molecule has 112 valence electrons. The van der Waals surface area contributed by atoms with Crippen LogP contribution in [-0.4, -0.2) is 28.8 Å². The molecule has 2 aromatic rings. The Labute approximate surface area is 135 Å². The van der Waals surface area contributed by atoms with Gasteiger partial charge in [-0.15, -0.1) is 0 Å². The minimum atomic E-state index is -1.85. The summed E-state index contributed by atoms with van der Waals surface area (Å²) in [5.74, 6) is -0.831. The van der Waals surface area contributed by atoms with Gasteiger partial charge in [0.05, 0.1) is 12.1 Å². The van der Waals surface area contributed by atoms with Crippen LogP contribution in [0.3, 0.4) is 0 Å². The summed E-state index contributed by atoms with van der Waals surface area (Å²) >= 11 is 3.33. The molecule has 0 bridgehead atoms. The third-order valence-corrected chi connectivity index (χ3v) is 4.32. The van der Waals surface area contributed by atoms with Gasteiger partial charge in [0, 0.05) is 35.0 Å². The fourth-order valence-corrected chi connectivity index (χ4v) is 3.03. The molecule has 0 saturated carbocycles. The fraction of sp³-hybridized carbons (Fsp3) is 0.188. The number of ketones is 1. The lowest BCUT2D eigenvalue weighted by atomic mass is 9.88. The molecule has 2 heterocycles. The molecule has 0 spiro atoms. The van der Waals surface area contributed by atoms with E-state index >= 15 is 0 Å². The maximum absolute atomic E-state index is 12.5. The molecule has 0 aliphatic carbocycles. The summed E-state index contributed by atoms with van der Waals surface area (Å²) in [5, 5.41) is 10.9. The van der Waals surface area contributed by atoms with Gasteiger partial charge in [0.2, 0.25) is 0 Å². The Morgan fingerprint density at radius 2 is 2.18 bits per heavy atom. The van der Waals surface area contributed by atoms with Crippen LogP contribution in [-0.2, 0) is 10.4 Å². The van der Waals surface area contributed by atoms with Gasteiger partial charge in [-0.2, -0.15) is 0 Å². The van der Waals surface area contributed by atoms with Gasteiger partial charge < -0.3 is 10.0 Å². The zero-order valence-corrected chi connectivity index (χ0v) is 13.4. The molecule has 0 unspecified atom stereocenters. The highest BCUT2D eigenvalue weighted by molar-refractivity contribution is 9.10. The molecule has 6 heteroatoms. The number of fused-ring (bicyclic) bond motifs is 1. The SMILES string of the molecule is CN1C(=O)[C@@](O)(CC(=O)c2cccnc2)c2cc(Br)ccc21. The minimum Gasteiger partial charge on any atom is -0.375 e. The second-order valence-corrected chi connectivity index (χ2v) is 6.14. The van der Waals surface area contributed by atoms with E-state index in [0.717, 1.165) is 4.47 Å². The molecule has 0 saturated heterocycles. The number of anilines is 1. The van der Waals surface area contributed by atoms with Crippen molar-refractivity contribution in [1.82, 2.24) is 4.98 Å². The number of rotatable bonds is 3. The van der Waals surface area contributed by atoms with Crippen molar-refractivity contribution in [3.05, 3.63) is 58.3 Å². The highest BCUT2D eigenvalue weighted by atomic mass is 79.9. The van der Waals surface area contributed by atoms with Crippen molar-refractivity contribution in [2.45, 2.75) is 12.0 Å². The summed E-state index contributed by atoms with van der Waals surface area (Å²) in [6.07, 6.45) is 2.67. The number of Topliss-reactive ketones (excluding diaryl/α,β-unsaturated/α-hetero) is 1. The standard InChI is InChI=1S/C16H13BrN2O3/c1-19-13-5-4-11(17)7-12(13)16(22,15(19)21)8-14(20)10-3-2-6-18-9-10/h2-7,9,22H,8H2,1H3/t16-/m1/s1. The van der Waals surface area contributed by atoms with Crippen LogP contribution in [0, 0.1) is 0 Å². The lowest BCUT2D eigenvalue weighted by molar-refractivity contribution is -0.135. The van der Waals surface area contributed by atoms with Gasteiger partial charge in [0.1, 0.15) is 0 Å². The molecular formula is C16H13BrN2O3. The Hall–Kier alpha value is -2.05. The van der Waals surface area contributed by atoms with Gasteiger partial charge in [0.15, 0.2) is 11.4 Å². The fourth-order valence-electron chi connectivity index (χ4n) is 2.67. The van der Waals surface area contributed by atoms with E-state index in [0.29, 0.717) is 16.8 Å². The number of nitrogens with zero attached hydrogens (tertiary/aromatic N) is 2. The monoisotopic (exact) mass is 360 g/mol. The van der Waals surface area contributed by atoms with E-state index in [1.54, 1.807) is 43.6 Å². The van der Waals surface area contributed by atoms with E-state index in [9.17, 15) is 14.7 Å². The first-order valence-electron chi connectivity index (χ1n) is 6.67. The van der Waals surface area contributed by atoms with Crippen LogP contribution < -0.4 is 4.90 Å². The van der Waals surface area contributed by atoms with Crippen molar-refractivity contribution < 1.29 is 14.7 Å². The molecule has 1 aromatic heterocycles. The Morgan fingerprint density at radius 1 is 1.41 bits per heavy atom. The lowest BCUT2D eigenvalue weighted by Crippen LogP contribution is -2.40. The summed E-state index contributed by atoms with van der Waals surface area (Å²) in [6, 6.07) is 8.46. The quantitative estimate of drug-likeness (QED) is 0.852. The van der Waals surface area contributed by atoms with Gasteiger partial charge >= 0.3 is 0 Å². The van der Waals surface area contributed by atoms with E-state index < -0.39 is 11.5 Å². The minimum absolute atomic E-state index is 0.314. The normalized spacial score (nSPS) is 20.1. The largest absolute Gasteiger partial charge is 0.375 e. The summed E-state index contributed by atoms with van der Waals surface area (Å²) in [4.78, 5) is 30.1.